The Balaban J connectivity index is 1.36. The third-order valence-corrected chi connectivity index (χ3v) is 8.47. The van der Waals surface area contributed by atoms with E-state index in [9.17, 15) is 18.0 Å². The van der Waals surface area contributed by atoms with Gasteiger partial charge >= 0.3 is 0 Å². The number of morpholine rings is 1. The molecule has 0 atom stereocenters. The fourth-order valence-electron chi connectivity index (χ4n) is 4.57. The van der Waals surface area contributed by atoms with Crippen molar-refractivity contribution in [2.45, 2.75) is 30.6 Å². The molecule has 1 aliphatic heterocycles. The molecule has 3 aromatic rings. The highest BCUT2D eigenvalue weighted by Gasteiger charge is 2.54. The van der Waals surface area contributed by atoms with Crippen LogP contribution < -0.4 is 5.32 Å². The molecule has 0 unspecified atom stereocenters. The van der Waals surface area contributed by atoms with E-state index in [0.29, 0.717) is 48.1 Å². The van der Waals surface area contributed by atoms with Crippen molar-refractivity contribution in [1.29, 1.82) is 0 Å². The molecule has 1 amide bonds. The molecule has 5 rings (SSSR count). The Morgan fingerprint density at radius 2 is 1.81 bits per heavy atom. The number of nitrogens with one attached hydrogen (secondary N) is 1. The monoisotopic (exact) mass is 540 g/mol. The van der Waals surface area contributed by atoms with Crippen LogP contribution in [-0.2, 0) is 31.5 Å². The number of carbonyl (C=O) groups excluding carboxylic acids is 2. The van der Waals surface area contributed by atoms with Crippen LogP contribution in [0.4, 0.5) is 5.69 Å². The standard InChI is InChI=1S/C26H28N4O5S2/c1-37(33,34)17-20-8-7-19(22(31)16-23-28-29-24(36-23)18-5-3-2-4-6-18)15-21(20)27-25(32)26(9-10-26)30-11-13-35-14-12-30/h2-8,15H,9-14,16-17H2,1H3,(H,27,32). The number of ketones is 1. The summed E-state index contributed by atoms with van der Waals surface area (Å²) in [6, 6.07) is 14.4. The SMILES string of the molecule is CS(=O)(=O)Cc1ccc(C(=O)Cc2nnc(-c3ccccc3)s2)cc1NC(=O)C1(N2CCOCC2)CC1. The number of Topliss-reactive ketones (excluding diaryl/α,β-unsaturated/α-hetero) is 1. The third-order valence-electron chi connectivity index (χ3n) is 6.66. The van der Waals surface area contributed by atoms with Crippen molar-refractivity contribution in [1.82, 2.24) is 15.1 Å². The molecule has 2 aliphatic rings. The van der Waals surface area contributed by atoms with Crippen molar-refractivity contribution in [3.63, 3.8) is 0 Å². The Hall–Kier alpha value is -2.99. The zero-order chi connectivity index (χ0) is 26.0. The Morgan fingerprint density at radius 3 is 2.49 bits per heavy atom. The van der Waals surface area contributed by atoms with Crippen LogP contribution in [0.5, 0.6) is 0 Å². The van der Waals surface area contributed by atoms with Gasteiger partial charge in [0.2, 0.25) is 5.91 Å². The number of benzene rings is 2. The molecule has 0 radical (unpaired) electrons. The normalized spacial score (nSPS) is 17.3. The van der Waals surface area contributed by atoms with Crippen molar-refractivity contribution in [2.24, 2.45) is 0 Å². The smallest absolute Gasteiger partial charge is 0.244 e. The number of sulfone groups is 1. The largest absolute Gasteiger partial charge is 0.379 e. The van der Waals surface area contributed by atoms with Crippen LogP contribution in [0.2, 0.25) is 0 Å². The van der Waals surface area contributed by atoms with Crippen LogP contribution in [0.25, 0.3) is 10.6 Å². The van der Waals surface area contributed by atoms with E-state index in [1.807, 2.05) is 30.3 Å². The molecule has 2 fully saturated rings. The molecule has 1 N–H and O–H groups in total. The van der Waals surface area contributed by atoms with Gasteiger partial charge in [0.25, 0.3) is 0 Å². The maximum absolute atomic E-state index is 13.4. The highest BCUT2D eigenvalue weighted by Crippen LogP contribution is 2.43. The second kappa shape index (κ2) is 10.4. The number of amides is 1. The molecule has 2 heterocycles. The molecule has 1 aliphatic carbocycles. The molecule has 2 aromatic carbocycles. The van der Waals surface area contributed by atoms with Crippen LogP contribution in [0.15, 0.2) is 48.5 Å². The minimum atomic E-state index is -3.36. The molecule has 194 valence electrons. The average molecular weight is 541 g/mol. The minimum absolute atomic E-state index is 0.0566. The van der Waals surface area contributed by atoms with Crippen molar-refractivity contribution in [3.8, 4) is 10.6 Å². The quantitative estimate of drug-likeness (QED) is 0.412. The Kier molecular flexibility index (Phi) is 7.21. The van der Waals surface area contributed by atoms with Crippen molar-refractivity contribution >= 4 is 38.6 Å². The van der Waals surface area contributed by atoms with E-state index >= 15 is 0 Å². The highest BCUT2D eigenvalue weighted by molar-refractivity contribution is 7.89. The summed E-state index contributed by atoms with van der Waals surface area (Å²) >= 11 is 1.35. The van der Waals surface area contributed by atoms with Gasteiger partial charge in [-0.15, -0.1) is 10.2 Å². The van der Waals surface area contributed by atoms with Gasteiger partial charge < -0.3 is 10.1 Å². The number of rotatable bonds is 9. The number of nitrogens with zero attached hydrogens (tertiary/aromatic N) is 3. The van der Waals surface area contributed by atoms with Gasteiger partial charge in [-0.1, -0.05) is 53.8 Å². The van der Waals surface area contributed by atoms with Crippen LogP contribution >= 0.6 is 11.3 Å². The first-order valence-corrected chi connectivity index (χ1v) is 15.0. The topological polar surface area (TPSA) is 119 Å². The molecule has 11 heteroatoms. The van der Waals surface area contributed by atoms with Crippen molar-refractivity contribution in [2.75, 3.05) is 37.9 Å². The van der Waals surface area contributed by atoms with E-state index in [2.05, 4.69) is 20.4 Å². The van der Waals surface area contributed by atoms with Gasteiger partial charge in [-0.25, -0.2) is 8.42 Å². The number of anilines is 1. The molecular weight excluding hydrogens is 512 g/mol. The van der Waals surface area contributed by atoms with Crippen LogP contribution in [0, 0.1) is 0 Å². The zero-order valence-electron chi connectivity index (χ0n) is 20.5. The van der Waals surface area contributed by atoms with Gasteiger partial charge in [-0.3, -0.25) is 14.5 Å². The molecule has 0 spiro atoms. The number of aromatic nitrogens is 2. The molecule has 1 saturated carbocycles. The lowest BCUT2D eigenvalue weighted by molar-refractivity contribution is -0.124. The van der Waals surface area contributed by atoms with Gasteiger partial charge in [-0.2, -0.15) is 0 Å². The lowest BCUT2D eigenvalue weighted by Gasteiger charge is -2.34. The van der Waals surface area contributed by atoms with E-state index in [-0.39, 0.29) is 23.9 Å². The fraction of sp³-hybridized carbons (Fsp3) is 0.385. The molecule has 1 aromatic heterocycles. The maximum atomic E-state index is 13.4. The van der Waals surface area contributed by atoms with E-state index in [1.54, 1.807) is 18.2 Å². The summed E-state index contributed by atoms with van der Waals surface area (Å²) in [7, 11) is -3.36. The number of hydrogen-bond acceptors (Lipinski definition) is 9. The first kappa shape index (κ1) is 25.7. The molecular formula is C26H28N4O5S2. The number of hydrogen-bond donors (Lipinski definition) is 1. The summed E-state index contributed by atoms with van der Waals surface area (Å²) in [6.07, 6.45) is 2.67. The van der Waals surface area contributed by atoms with Crippen molar-refractivity contribution < 1.29 is 22.7 Å². The first-order valence-electron chi connectivity index (χ1n) is 12.1. The van der Waals surface area contributed by atoms with Gasteiger partial charge in [0.05, 0.1) is 25.4 Å². The van der Waals surface area contributed by atoms with Crippen LogP contribution in [-0.4, -0.2) is 73.3 Å². The number of carbonyl (C=O) groups is 2. The summed E-state index contributed by atoms with van der Waals surface area (Å²) in [5.41, 5.74) is 1.51. The highest BCUT2D eigenvalue weighted by atomic mass is 32.2. The molecule has 1 saturated heterocycles. The third kappa shape index (κ3) is 5.96. The van der Waals surface area contributed by atoms with Gasteiger partial charge in [0, 0.05) is 36.2 Å². The lowest BCUT2D eigenvalue weighted by atomic mass is 10.0. The summed E-state index contributed by atoms with van der Waals surface area (Å²) in [6.45, 7) is 2.51. The molecule has 9 nitrogen and oxygen atoms in total. The maximum Gasteiger partial charge on any atom is 0.244 e. The number of ether oxygens (including phenoxy) is 1. The minimum Gasteiger partial charge on any atom is -0.379 e. The average Bonchev–Trinajstić information content (AvgIpc) is 3.58. The van der Waals surface area contributed by atoms with E-state index < -0.39 is 15.4 Å². The fourth-order valence-corrected chi connectivity index (χ4v) is 6.23. The lowest BCUT2D eigenvalue weighted by Crippen LogP contribution is -2.51. The summed E-state index contributed by atoms with van der Waals surface area (Å²) in [5.74, 6) is -0.602. The van der Waals surface area contributed by atoms with Gasteiger partial charge in [0.15, 0.2) is 15.6 Å². The molecule has 0 bridgehead atoms. The Bertz CT molecular complexity index is 1410. The Morgan fingerprint density at radius 1 is 1.08 bits per heavy atom. The van der Waals surface area contributed by atoms with Crippen LogP contribution in [0.1, 0.15) is 33.8 Å². The summed E-state index contributed by atoms with van der Waals surface area (Å²) in [4.78, 5) is 28.7. The first-order chi connectivity index (χ1) is 17.7. The summed E-state index contributed by atoms with van der Waals surface area (Å²) in [5, 5.41) is 12.6. The van der Waals surface area contributed by atoms with Gasteiger partial charge in [-0.05, 0) is 24.5 Å². The second-order valence-corrected chi connectivity index (χ2v) is 12.7. The zero-order valence-corrected chi connectivity index (χ0v) is 22.1. The van der Waals surface area contributed by atoms with Crippen LogP contribution in [0.3, 0.4) is 0 Å². The van der Waals surface area contributed by atoms with E-state index in [0.717, 1.165) is 29.7 Å². The van der Waals surface area contributed by atoms with E-state index in [4.69, 9.17) is 4.74 Å². The van der Waals surface area contributed by atoms with E-state index in [1.165, 1.54) is 11.3 Å². The Labute approximate surface area is 219 Å². The van der Waals surface area contributed by atoms with Gasteiger partial charge in [0.1, 0.15) is 15.6 Å². The predicted molar refractivity (Wildman–Crippen MR) is 141 cm³/mol. The van der Waals surface area contributed by atoms with Crippen molar-refractivity contribution in [3.05, 3.63) is 64.7 Å². The predicted octanol–water partition coefficient (Wildman–Crippen LogP) is 2.98. The summed E-state index contributed by atoms with van der Waals surface area (Å²) < 4.78 is 29.5. The molecule has 37 heavy (non-hydrogen) atoms. The second-order valence-electron chi connectivity index (χ2n) is 9.49.